The van der Waals surface area contributed by atoms with Gasteiger partial charge in [-0.2, -0.15) is 0 Å². The molecule has 0 aliphatic carbocycles. The fourth-order valence-electron chi connectivity index (χ4n) is 1.58. The van der Waals surface area contributed by atoms with E-state index in [1.807, 2.05) is 0 Å². The molecule has 0 saturated heterocycles. The van der Waals surface area contributed by atoms with Crippen molar-refractivity contribution in [2.75, 3.05) is 0 Å². The molecule has 92 valence electrons. The molecule has 0 radical (unpaired) electrons. The number of hydrogen-bond donors (Lipinski definition) is 0. The number of benzene rings is 1. The SMILES string of the molecule is Cc1cccnc1C(=O)c1c(F)ccc(Br)c1F. The minimum absolute atomic E-state index is 0.0424. The minimum atomic E-state index is -0.912. The Morgan fingerprint density at radius 2 is 2.00 bits per heavy atom. The van der Waals surface area contributed by atoms with E-state index in [4.69, 9.17) is 0 Å². The molecule has 0 spiro atoms. The predicted molar refractivity (Wildman–Crippen MR) is 66.5 cm³/mol. The molecule has 18 heavy (non-hydrogen) atoms. The van der Waals surface area contributed by atoms with E-state index in [9.17, 15) is 13.6 Å². The van der Waals surface area contributed by atoms with Crippen LogP contribution in [-0.4, -0.2) is 10.8 Å². The molecule has 0 aliphatic rings. The first-order valence-electron chi connectivity index (χ1n) is 5.12. The van der Waals surface area contributed by atoms with E-state index in [1.54, 1.807) is 19.1 Å². The molecule has 1 heterocycles. The van der Waals surface area contributed by atoms with Crippen LogP contribution in [0.3, 0.4) is 0 Å². The Labute approximate surface area is 111 Å². The third-order valence-electron chi connectivity index (χ3n) is 2.50. The van der Waals surface area contributed by atoms with Crippen molar-refractivity contribution >= 4 is 21.7 Å². The molecule has 1 aromatic heterocycles. The van der Waals surface area contributed by atoms with Crippen LogP contribution in [0.1, 0.15) is 21.6 Å². The summed E-state index contributed by atoms with van der Waals surface area (Å²) in [5.41, 5.74) is 0.0286. The summed E-state index contributed by atoms with van der Waals surface area (Å²) in [5.74, 6) is -2.57. The largest absolute Gasteiger partial charge is 0.287 e. The summed E-state index contributed by atoms with van der Waals surface area (Å²) in [5, 5.41) is 0. The number of halogens is 3. The monoisotopic (exact) mass is 311 g/mol. The Balaban J connectivity index is 2.61. The summed E-state index contributed by atoms with van der Waals surface area (Å²) in [6.07, 6.45) is 1.41. The van der Waals surface area contributed by atoms with Gasteiger partial charge in [0.25, 0.3) is 0 Å². The van der Waals surface area contributed by atoms with Gasteiger partial charge in [-0.1, -0.05) is 6.07 Å². The van der Waals surface area contributed by atoms with Gasteiger partial charge in [0.1, 0.15) is 11.5 Å². The summed E-state index contributed by atoms with van der Waals surface area (Å²) in [4.78, 5) is 16.0. The van der Waals surface area contributed by atoms with Gasteiger partial charge >= 0.3 is 0 Å². The van der Waals surface area contributed by atoms with Gasteiger partial charge in [-0.25, -0.2) is 8.78 Å². The van der Waals surface area contributed by atoms with Crippen LogP contribution in [0.25, 0.3) is 0 Å². The molecule has 2 rings (SSSR count). The molecule has 0 saturated carbocycles. The maximum atomic E-state index is 13.8. The molecule has 0 unspecified atom stereocenters. The smallest absolute Gasteiger partial charge is 0.217 e. The number of pyridine rings is 1. The standard InChI is InChI=1S/C13H8BrF2NO/c1-7-3-2-6-17-12(7)13(18)10-9(15)5-4-8(14)11(10)16/h2-6H,1H3. The Morgan fingerprint density at radius 3 is 2.67 bits per heavy atom. The highest BCUT2D eigenvalue weighted by Gasteiger charge is 2.23. The Kier molecular flexibility index (Phi) is 3.52. The molecule has 0 N–H and O–H groups in total. The minimum Gasteiger partial charge on any atom is -0.287 e. The van der Waals surface area contributed by atoms with Gasteiger partial charge in [-0.3, -0.25) is 9.78 Å². The van der Waals surface area contributed by atoms with Gasteiger partial charge in [-0.05, 0) is 46.6 Å². The van der Waals surface area contributed by atoms with E-state index in [2.05, 4.69) is 20.9 Å². The van der Waals surface area contributed by atoms with E-state index in [-0.39, 0.29) is 10.2 Å². The summed E-state index contributed by atoms with van der Waals surface area (Å²) >= 11 is 2.93. The fourth-order valence-corrected chi connectivity index (χ4v) is 1.91. The van der Waals surface area contributed by atoms with Crippen molar-refractivity contribution < 1.29 is 13.6 Å². The van der Waals surface area contributed by atoms with Crippen molar-refractivity contribution in [1.82, 2.24) is 4.98 Å². The normalized spacial score (nSPS) is 10.4. The predicted octanol–water partition coefficient (Wildman–Crippen LogP) is 3.66. The first-order valence-corrected chi connectivity index (χ1v) is 5.91. The maximum Gasteiger partial charge on any atom is 0.217 e. The number of aryl methyl sites for hydroxylation is 1. The second-order valence-corrected chi connectivity index (χ2v) is 4.57. The second-order valence-electron chi connectivity index (χ2n) is 3.72. The van der Waals surface area contributed by atoms with Crippen LogP contribution in [0.2, 0.25) is 0 Å². The van der Waals surface area contributed by atoms with Crippen molar-refractivity contribution in [3.05, 3.63) is 63.4 Å². The van der Waals surface area contributed by atoms with Gasteiger partial charge in [0.2, 0.25) is 5.78 Å². The number of hydrogen-bond acceptors (Lipinski definition) is 2. The van der Waals surface area contributed by atoms with E-state index < -0.39 is 23.0 Å². The lowest BCUT2D eigenvalue weighted by Gasteiger charge is -2.07. The Hall–Kier alpha value is -1.62. The van der Waals surface area contributed by atoms with E-state index in [0.29, 0.717) is 5.56 Å². The first-order chi connectivity index (χ1) is 8.52. The van der Waals surface area contributed by atoms with Crippen LogP contribution >= 0.6 is 15.9 Å². The average molecular weight is 312 g/mol. The molecule has 0 amide bonds. The lowest BCUT2D eigenvalue weighted by Crippen LogP contribution is -2.11. The number of nitrogens with zero attached hydrogens (tertiary/aromatic N) is 1. The third-order valence-corrected chi connectivity index (χ3v) is 3.11. The van der Waals surface area contributed by atoms with Crippen LogP contribution in [0.5, 0.6) is 0 Å². The summed E-state index contributed by atoms with van der Waals surface area (Å²) in [7, 11) is 0. The zero-order chi connectivity index (χ0) is 13.3. The molecule has 0 atom stereocenters. The van der Waals surface area contributed by atoms with Crippen LogP contribution in [0.4, 0.5) is 8.78 Å². The molecular weight excluding hydrogens is 304 g/mol. The van der Waals surface area contributed by atoms with Gasteiger partial charge < -0.3 is 0 Å². The molecule has 0 fully saturated rings. The van der Waals surface area contributed by atoms with Crippen LogP contribution in [0, 0.1) is 18.6 Å². The Morgan fingerprint density at radius 1 is 1.28 bits per heavy atom. The highest BCUT2D eigenvalue weighted by Crippen LogP contribution is 2.24. The van der Waals surface area contributed by atoms with Crippen LogP contribution in [0.15, 0.2) is 34.9 Å². The van der Waals surface area contributed by atoms with Crippen molar-refractivity contribution in [2.24, 2.45) is 0 Å². The van der Waals surface area contributed by atoms with Crippen molar-refractivity contribution in [3.8, 4) is 0 Å². The molecule has 0 aliphatic heterocycles. The van der Waals surface area contributed by atoms with Crippen molar-refractivity contribution in [2.45, 2.75) is 6.92 Å². The van der Waals surface area contributed by atoms with E-state index in [1.165, 1.54) is 12.3 Å². The molecule has 0 bridgehead atoms. The van der Waals surface area contributed by atoms with Gasteiger partial charge in [0.15, 0.2) is 5.82 Å². The van der Waals surface area contributed by atoms with E-state index in [0.717, 1.165) is 6.07 Å². The van der Waals surface area contributed by atoms with Gasteiger partial charge in [0.05, 0.1) is 10.0 Å². The molecular formula is C13H8BrF2NO. The maximum absolute atomic E-state index is 13.8. The topological polar surface area (TPSA) is 30.0 Å². The third kappa shape index (κ3) is 2.18. The first kappa shape index (κ1) is 12.8. The lowest BCUT2D eigenvalue weighted by molar-refractivity contribution is 0.102. The number of ketones is 1. The van der Waals surface area contributed by atoms with Gasteiger partial charge in [0, 0.05) is 6.20 Å². The fraction of sp³-hybridized carbons (Fsp3) is 0.0769. The molecule has 5 heteroatoms. The second kappa shape index (κ2) is 4.94. The zero-order valence-corrected chi connectivity index (χ0v) is 11.0. The summed E-state index contributed by atoms with van der Waals surface area (Å²) in [6.45, 7) is 1.66. The average Bonchev–Trinajstić information content (AvgIpc) is 2.35. The summed E-state index contributed by atoms with van der Waals surface area (Å²) in [6, 6.07) is 5.57. The van der Waals surface area contributed by atoms with Crippen molar-refractivity contribution in [1.29, 1.82) is 0 Å². The highest BCUT2D eigenvalue weighted by atomic mass is 79.9. The van der Waals surface area contributed by atoms with Gasteiger partial charge in [-0.15, -0.1) is 0 Å². The number of aromatic nitrogens is 1. The molecule has 2 aromatic rings. The number of rotatable bonds is 2. The number of carbonyl (C=O) groups excluding carboxylic acids is 1. The quantitative estimate of drug-likeness (QED) is 0.626. The van der Waals surface area contributed by atoms with Crippen LogP contribution in [-0.2, 0) is 0 Å². The molecule has 2 nitrogen and oxygen atoms in total. The summed E-state index contributed by atoms with van der Waals surface area (Å²) < 4.78 is 27.4. The van der Waals surface area contributed by atoms with Crippen LogP contribution < -0.4 is 0 Å². The molecule has 1 aromatic carbocycles. The Bertz CT molecular complexity index is 628. The number of carbonyl (C=O) groups is 1. The van der Waals surface area contributed by atoms with E-state index >= 15 is 0 Å². The van der Waals surface area contributed by atoms with Crippen molar-refractivity contribution in [3.63, 3.8) is 0 Å². The zero-order valence-electron chi connectivity index (χ0n) is 9.38. The highest BCUT2D eigenvalue weighted by molar-refractivity contribution is 9.10. The lowest BCUT2D eigenvalue weighted by atomic mass is 10.0.